The van der Waals surface area contributed by atoms with Crippen LogP contribution in [0.4, 0.5) is 4.39 Å². The molecule has 5 nitrogen and oxygen atoms in total. The molecule has 3 aromatic carbocycles. The topological polar surface area (TPSA) is 59.8 Å². The van der Waals surface area contributed by atoms with Gasteiger partial charge in [0.2, 0.25) is 0 Å². The van der Waals surface area contributed by atoms with Gasteiger partial charge in [-0.2, -0.15) is 0 Å². The van der Waals surface area contributed by atoms with Gasteiger partial charge in [0.1, 0.15) is 5.82 Å². The van der Waals surface area contributed by atoms with E-state index in [4.69, 9.17) is 23.2 Å². The maximum atomic E-state index is 13.3. The van der Waals surface area contributed by atoms with Crippen molar-refractivity contribution in [2.45, 2.75) is 50.1 Å². The zero-order valence-electron chi connectivity index (χ0n) is 20.4. The molecule has 1 heterocycles. The van der Waals surface area contributed by atoms with Crippen molar-refractivity contribution in [1.29, 1.82) is 0 Å². The number of hydrogen-bond donors (Lipinski definition) is 1. The molecule has 37 heavy (non-hydrogen) atoms. The van der Waals surface area contributed by atoms with E-state index in [-0.39, 0.29) is 18.3 Å². The molecule has 0 atom stereocenters. The number of aryl methyl sites for hydroxylation is 1. The number of thioether (sulfide) groups is 1. The van der Waals surface area contributed by atoms with Gasteiger partial charge >= 0.3 is 0 Å². The average molecular weight is 558 g/mol. The van der Waals surface area contributed by atoms with Crippen molar-refractivity contribution in [2.24, 2.45) is 0 Å². The number of halogens is 3. The van der Waals surface area contributed by atoms with Crippen molar-refractivity contribution in [3.63, 3.8) is 0 Å². The van der Waals surface area contributed by atoms with Crippen LogP contribution < -0.4 is 5.32 Å². The molecule has 192 valence electrons. The van der Waals surface area contributed by atoms with Crippen LogP contribution >= 0.6 is 35.0 Å². The molecule has 0 aliphatic rings. The van der Waals surface area contributed by atoms with E-state index in [2.05, 4.69) is 22.4 Å². The van der Waals surface area contributed by atoms with Gasteiger partial charge in [-0.05, 0) is 66.4 Å². The number of carbonyl (C=O) groups is 1. The molecule has 4 aromatic rings. The fourth-order valence-corrected chi connectivity index (χ4v) is 5.22. The number of carbonyl (C=O) groups excluding carboxylic acids is 1. The zero-order valence-corrected chi connectivity index (χ0v) is 22.7. The van der Waals surface area contributed by atoms with Gasteiger partial charge in [0, 0.05) is 16.3 Å². The predicted molar refractivity (Wildman–Crippen MR) is 148 cm³/mol. The van der Waals surface area contributed by atoms with Gasteiger partial charge in [0.25, 0.3) is 5.91 Å². The first-order valence-electron chi connectivity index (χ1n) is 12.1. The van der Waals surface area contributed by atoms with Crippen LogP contribution in [-0.4, -0.2) is 20.7 Å². The SMILES string of the molecule is CCCCCc1ccc(C(=O)NCc2nnc(SCc3ccc(F)cc3)n2-c2ccc(Cl)cc2Cl)cc1. The second-order valence-electron chi connectivity index (χ2n) is 8.58. The Kier molecular flexibility index (Phi) is 9.61. The lowest BCUT2D eigenvalue weighted by Gasteiger charge is -2.13. The van der Waals surface area contributed by atoms with Gasteiger partial charge < -0.3 is 5.32 Å². The van der Waals surface area contributed by atoms with Crippen molar-refractivity contribution in [3.8, 4) is 5.69 Å². The van der Waals surface area contributed by atoms with Gasteiger partial charge in [-0.15, -0.1) is 10.2 Å². The van der Waals surface area contributed by atoms with E-state index < -0.39 is 0 Å². The summed E-state index contributed by atoms with van der Waals surface area (Å²) in [5.74, 6) is 0.599. The second-order valence-corrected chi connectivity index (χ2v) is 10.4. The molecule has 0 fully saturated rings. The van der Waals surface area contributed by atoms with E-state index in [1.54, 1.807) is 30.3 Å². The summed E-state index contributed by atoms with van der Waals surface area (Å²) < 4.78 is 15.1. The normalized spacial score (nSPS) is 11.0. The number of nitrogens with one attached hydrogen (secondary N) is 1. The highest BCUT2D eigenvalue weighted by Gasteiger charge is 2.18. The maximum absolute atomic E-state index is 13.3. The molecule has 1 amide bonds. The van der Waals surface area contributed by atoms with Gasteiger partial charge in [0.05, 0.1) is 17.3 Å². The Labute approximate surface area is 230 Å². The van der Waals surface area contributed by atoms with E-state index in [1.165, 1.54) is 42.3 Å². The van der Waals surface area contributed by atoms with Gasteiger partial charge in [0.15, 0.2) is 11.0 Å². The van der Waals surface area contributed by atoms with E-state index in [9.17, 15) is 9.18 Å². The van der Waals surface area contributed by atoms with Gasteiger partial charge in [-0.3, -0.25) is 9.36 Å². The lowest BCUT2D eigenvalue weighted by Crippen LogP contribution is -2.24. The van der Waals surface area contributed by atoms with E-state index in [0.717, 1.165) is 18.4 Å². The molecule has 0 unspecified atom stereocenters. The molecule has 9 heteroatoms. The zero-order chi connectivity index (χ0) is 26.2. The lowest BCUT2D eigenvalue weighted by atomic mass is 10.1. The molecule has 0 saturated heterocycles. The minimum atomic E-state index is -0.283. The number of amides is 1. The second kappa shape index (κ2) is 13.1. The maximum Gasteiger partial charge on any atom is 0.251 e. The molecule has 0 spiro atoms. The Hall–Kier alpha value is -2.87. The minimum Gasteiger partial charge on any atom is -0.345 e. The standard InChI is InChI=1S/C28H27Cl2FN4OS/c1-2-3-4-5-19-6-10-21(11-7-19)27(36)32-17-26-33-34-28(37-18-20-8-13-23(31)14-9-20)35(26)25-15-12-22(29)16-24(25)30/h6-16H,2-5,17-18H2,1H3,(H,32,36). The Bertz CT molecular complexity index is 1340. The van der Waals surface area contributed by atoms with Gasteiger partial charge in [-0.25, -0.2) is 4.39 Å². The molecule has 0 aliphatic heterocycles. The number of aromatic nitrogens is 3. The first kappa shape index (κ1) is 27.2. The molecular formula is C28H27Cl2FN4OS. The molecule has 1 aromatic heterocycles. The Morgan fingerprint density at radius 3 is 2.41 bits per heavy atom. The molecular weight excluding hydrogens is 530 g/mol. The van der Waals surface area contributed by atoms with Crippen molar-refractivity contribution in [1.82, 2.24) is 20.1 Å². The Morgan fingerprint density at radius 2 is 1.70 bits per heavy atom. The van der Waals surface area contributed by atoms with Crippen LogP contribution in [0, 0.1) is 5.82 Å². The van der Waals surface area contributed by atoms with Crippen LogP contribution in [0.2, 0.25) is 10.0 Å². The summed E-state index contributed by atoms with van der Waals surface area (Å²) in [5, 5.41) is 13.1. The predicted octanol–water partition coefficient (Wildman–Crippen LogP) is 7.67. The summed E-state index contributed by atoms with van der Waals surface area (Å²) in [6, 6.07) is 19.2. The van der Waals surface area contributed by atoms with Crippen LogP contribution in [0.25, 0.3) is 5.69 Å². The molecule has 4 rings (SSSR count). The van der Waals surface area contributed by atoms with Crippen molar-refractivity contribution < 1.29 is 9.18 Å². The number of unbranched alkanes of at least 4 members (excludes halogenated alkanes) is 2. The monoisotopic (exact) mass is 556 g/mol. The molecule has 0 bridgehead atoms. The number of rotatable bonds is 11. The Morgan fingerprint density at radius 1 is 0.973 bits per heavy atom. The highest BCUT2D eigenvalue weighted by molar-refractivity contribution is 7.98. The Balaban J connectivity index is 1.51. The van der Waals surface area contributed by atoms with E-state index in [1.807, 2.05) is 28.8 Å². The number of benzene rings is 3. The fraction of sp³-hybridized carbons (Fsp3) is 0.250. The first-order chi connectivity index (χ1) is 17.9. The quantitative estimate of drug-likeness (QED) is 0.152. The summed E-state index contributed by atoms with van der Waals surface area (Å²) in [4.78, 5) is 12.8. The summed E-state index contributed by atoms with van der Waals surface area (Å²) in [7, 11) is 0. The largest absolute Gasteiger partial charge is 0.345 e. The smallest absolute Gasteiger partial charge is 0.251 e. The molecule has 1 N–H and O–H groups in total. The van der Waals surface area contributed by atoms with Crippen molar-refractivity contribution >= 4 is 40.9 Å². The molecule has 0 saturated carbocycles. The molecule has 0 aliphatic carbocycles. The third kappa shape index (κ3) is 7.34. The van der Waals surface area contributed by atoms with Crippen LogP contribution in [0.15, 0.2) is 71.9 Å². The summed E-state index contributed by atoms with van der Waals surface area (Å²) in [6.07, 6.45) is 4.54. The highest BCUT2D eigenvalue weighted by Crippen LogP contribution is 2.30. The molecule has 0 radical (unpaired) electrons. The van der Waals surface area contributed by atoms with Crippen molar-refractivity contribution in [2.75, 3.05) is 0 Å². The summed E-state index contributed by atoms with van der Waals surface area (Å²) in [6.45, 7) is 2.34. The summed E-state index contributed by atoms with van der Waals surface area (Å²) in [5.41, 5.74) is 3.40. The van der Waals surface area contributed by atoms with Crippen molar-refractivity contribution in [3.05, 3.63) is 105 Å². The van der Waals surface area contributed by atoms with Crippen LogP contribution in [0.5, 0.6) is 0 Å². The fourth-order valence-electron chi connectivity index (χ4n) is 3.80. The van der Waals surface area contributed by atoms with Crippen LogP contribution in [-0.2, 0) is 18.7 Å². The number of nitrogens with zero attached hydrogens (tertiary/aromatic N) is 3. The minimum absolute atomic E-state index is 0.153. The van der Waals surface area contributed by atoms with Crippen LogP contribution in [0.1, 0.15) is 53.5 Å². The summed E-state index contributed by atoms with van der Waals surface area (Å²) >= 11 is 14.1. The third-order valence-electron chi connectivity index (χ3n) is 5.82. The lowest BCUT2D eigenvalue weighted by molar-refractivity contribution is 0.0949. The van der Waals surface area contributed by atoms with E-state index in [0.29, 0.717) is 38.0 Å². The number of hydrogen-bond acceptors (Lipinski definition) is 4. The first-order valence-corrected chi connectivity index (χ1v) is 13.8. The average Bonchev–Trinajstić information content (AvgIpc) is 3.30. The van der Waals surface area contributed by atoms with Crippen LogP contribution in [0.3, 0.4) is 0 Å². The van der Waals surface area contributed by atoms with Gasteiger partial charge in [-0.1, -0.05) is 79.0 Å². The highest BCUT2D eigenvalue weighted by atomic mass is 35.5. The van der Waals surface area contributed by atoms with E-state index >= 15 is 0 Å². The third-order valence-corrected chi connectivity index (χ3v) is 7.36.